The van der Waals surface area contributed by atoms with Crippen molar-refractivity contribution in [2.45, 2.75) is 46.4 Å². The molecule has 0 bridgehead atoms. The molecule has 5 rings (SSSR count). The van der Waals surface area contributed by atoms with Crippen LogP contribution in [-0.4, -0.2) is 30.4 Å². The number of benzene rings is 3. The molecule has 0 fully saturated rings. The number of hydrogen-bond donors (Lipinski definition) is 0. The van der Waals surface area contributed by atoms with Crippen LogP contribution in [0.1, 0.15) is 50.4 Å². The van der Waals surface area contributed by atoms with Gasteiger partial charge in [0.15, 0.2) is 16.3 Å². The van der Waals surface area contributed by atoms with Gasteiger partial charge in [-0.05, 0) is 86.9 Å². The zero-order chi connectivity index (χ0) is 31.4. The fourth-order valence-corrected chi connectivity index (χ4v) is 6.04. The number of ether oxygens (including phenoxy) is 4. The molecule has 44 heavy (non-hydrogen) atoms. The summed E-state index contributed by atoms with van der Waals surface area (Å²) in [7, 11) is 1.55. The average molecular weight is 633 g/mol. The second kappa shape index (κ2) is 13.5. The van der Waals surface area contributed by atoms with E-state index in [2.05, 4.69) is 4.99 Å². The van der Waals surface area contributed by atoms with Crippen LogP contribution in [0.3, 0.4) is 0 Å². The minimum absolute atomic E-state index is 0.0613. The largest absolute Gasteiger partial charge is 0.493 e. The van der Waals surface area contributed by atoms with Gasteiger partial charge in [-0.2, -0.15) is 0 Å². The molecule has 1 atom stereocenters. The molecule has 2 heterocycles. The van der Waals surface area contributed by atoms with Crippen LogP contribution >= 0.6 is 22.9 Å². The number of allylic oxidation sites excluding steroid dienone is 1. The maximum absolute atomic E-state index is 14.0. The number of nitrogens with zero attached hydrogens (tertiary/aromatic N) is 2. The lowest BCUT2D eigenvalue weighted by Gasteiger charge is -2.25. The SMILES string of the molecule is CCOC(=O)C1=C(C)N=c2s/c(=C\c3ccc(OCc4ccc(Cl)cc4)cc3)c(=O)n2[C@@H]1c1ccc(OC(C)C)c(OC)c1. The Kier molecular flexibility index (Phi) is 9.56. The van der Waals surface area contributed by atoms with Crippen molar-refractivity contribution >= 4 is 35.0 Å². The molecule has 0 radical (unpaired) electrons. The van der Waals surface area contributed by atoms with Gasteiger partial charge in [-0.3, -0.25) is 9.36 Å². The Morgan fingerprint density at radius 2 is 1.80 bits per heavy atom. The zero-order valence-corrected chi connectivity index (χ0v) is 26.7. The Labute approximate surface area is 264 Å². The zero-order valence-electron chi connectivity index (χ0n) is 25.1. The number of aromatic nitrogens is 1. The molecule has 3 aromatic carbocycles. The summed E-state index contributed by atoms with van der Waals surface area (Å²) in [6.45, 7) is 7.96. The summed E-state index contributed by atoms with van der Waals surface area (Å²) in [4.78, 5) is 32.3. The molecule has 8 nitrogen and oxygen atoms in total. The molecule has 4 aromatic rings. The topological polar surface area (TPSA) is 88.4 Å². The Balaban J connectivity index is 1.52. The van der Waals surface area contributed by atoms with Gasteiger partial charge in [-0.15, -0.1) is 0 Å². The Morgan fingerprint density at radius 1 is 1.07 bits per heavy atom. The van der Waals surface area contributed by atoms with E-state index in [1.807, 2.05) is 74.5 Å². The van der Waals surface area contributed by atoms with Crippen molar-refractivity contribution in [3.05, 3.63) is 119 Å². The lowest BCUT2D eigenvalue weighted by molar-refractivity contribution is -0.139. The number of carbonyl (C=O) groups excluding carboxylic acids is 1. The number of hydrogen-bond acceptors (Lipinski definition) is 8. The maximum atomic E-state index is 14.0. The van der Waals surface area contributed by atoms with Crippen LogP contribution in [0.4, 0.5) is 0 Å². The Hall–Kier alpha value is -4.34. The van der Waals surface area contributed by atoms with E-state index in [-0.39, 0.29) is 18.3 Å². The van der Waals surface area contributed by atoms with Crippen LogP contribution < -0.4 is 29.1 Å². The van der Waals surface area contributed by atoms with Crippen molar-refractivity contribution in [1.82, 2.24) is 4.57 Å². The van der Waals surface area contributed by atoms with E-state index in [9.17, 15) is 9.59 Å². The van der Waals surface area contributed by atoms with Crippen LogP contribution in [0.5, 0.6) is 17.2 Å². The maximum Gasteiger partial charge on any atom is 0.338 e. The Morgan fingerprint density at radius 3 is 2.45 bits per heavy atom. The van der Waals surface area contributed by atoms with E-state index in [4.69, 9.17) is 30.5 Å². The average Bonchev–Trinajstić information content (AvgIpc) is 3.30. The van der Waals surface area contributed by atoms with Gasteiger partial charge in [-0.1, -0.05) is 53.3 Å². The number of esters is 1. The minimum atomic E-state index is -0.766. The third kappa shape index (κ3) is 6.74. The van der Waals surface area contributed by atoms with E-state index in [0.29, 0.717) is 55.0 Å². The predicted octanol–water partition coefficient (Wildman–Crippen LogP) is 5.83. The molecule has 0 unspecified atom stereocenters. The highest BCUT2D eigenvalue weighted by Crippen LogP contribution is 2.36. The number of halogens is 1. The number of thiazole rings is 1. The summed E-state index contributed by atoms with van der Waals surface area (Å²) in [6, 6.07) is 19.6. The summed E-state index contributed by atoms with van der Waals surface area (Å²) in [6.07, 6.45) is 1.75. The lowest BCUT2D eigenvalue weighted by Crippen LogP contribution is -2.40. The van der Waals surface area contributed by atoms with E-state index >= 15 is 0 Å². The first-order chi connectivity index (χ1) is 21.2. The van der Waals surface area contributed by atoms with Gasteiger partial charge in [0.2, 0.25) is 0 Å². The monoisotopic (exact) mass is 632 g/mol. The van der Waals surface area contributed by atoms with Gasteiger partial charge in [0, 0.05) is 5.02 Å². The molecule has 228 valence electrons. The molecular formula is C34H33ClN2O6S. The summed E-state index contributed by atoms with van der Waals surface area (Å²) in [5.74, 6) is 1.24. The van der Waals surface area contributed by atoms with Crippen LogP contribution in [0.2, 0.25) is 5.02 Å². The van der Waals surface area contributed by atoms with Gasteiger partial charge in [-0.25, -0.2) is 9.79 Å². The van der Waals surface area contributed by atoms with Gasteiger partial charge in [0.05, 0.1) is 41.7 Å². The summed E-state index contributed by atoms with van der Waals surface area (Å²) in [5.41, 5.74) is 3.02. The van der Waals surface area contributed by atoms with Gasteiger partial charge >= 0.3 is 5.97 Å². The summed E-state index contributed by atoms with van der Waals surface area (Å²) < 4.78 is 24.9. The number of carbonyl (C=O) groups is 1. The lowest BCUT2D eigenvalue weighted by atomic mass is 9.95. The molecule has 0 N–H and O–H groups in total. The standard InChI is InChI=1S/C34H33ClN2O6S/c1-6-41-33(39)30-21(4)36-34-37(31(30)24-11-16-27(43-20(2)3)28(18-24)40-5)32(38)29(44-34)17-22-9-14-26(15-10-22)42-19-23-7-12-25(35)13-8-23/h7-18,20,31H,6,19H2,1-5H3/b29-17-/t31-/m1/s1. The highest BCUT2D eigenvalue weighted by Gasteiger charge is 2.34. The molecular weight excluding hydrogens is 600 g/mol. The molecule has 0 saturated heterocycles. The third-order valence-corrected chi connectivity index (χ3v) is 8.11. The van der Waals surface area contributed by atoms with Crippen LogP contribution in [0.15, 0.2) is 87.8 Å². The summed E-state index contributed by atoms with van der Waals surface area (Å²) in [5, 5.41) is 0.677. The summed E-state index contributed by atoms with van der Waals surface area (Å²) >= 11 is 7.23. The first-order valence-electron chi connectivity index (χ1n) is 14.2. The van der Waals surface area contributed by atoms with Gasteiger partial charge in [0.1, 0.15) is 12.4 Å². The second-order valence-electron chi connectivity index (χ2n) is 10.4. The van der Waals surface area contributed by atoms with Crippen molar-refractivity contribution in [2.24, 2.45) is 4.99 Å². The molecule has 1 aliphatic heterocycles. The van der Waals surface area contributed by atoms with Crippen molar-refractivity contribution < 1.29 is 23.7 Å². The molecule has 0 spiro atoms. The van der Waals surface area contributed by atoms with Gasteiger partial charge < -0.3 is 18.9 Å². The number of methoxy groups -OCH3 is 1. The first-order valence-corrected chi connectivity index (χ1v) is 15.4. The molecule has 0 aliphatic carbocycles. The normalized spacial score (nSPS) is 14.7. The van der Waals surface area contributed by atoms with Crippen LogP contribution in [-0.2, 0) is 16.1 Å². The molecule has 0 saturated carbocycles. The van der Waals surface area contributed by atoms with E-state index in [0.717, 1.165) is 11.1 Å². The van der Waals surface area contributed by atoms with Crippen molar-refractivity contribution in [1.29, 1.82) is 0 Å². The van der Waals surface area contributed by atoms with Crippen LogP contribution in [0.25, 0.3) is 6.08 Å². The first kappa shape index (κ1) is 31.1. The fourth-order valence-electron chi connectivity index (χ4n) is 4.87. The molecule has 10 heteroatoms. The molecule has 1 aromatic heterocycles. The highest BCUT2D eigenvalue weighted by atomic mass is 35.5. The Bertz CT molecular complexity index is 1870. The van der Waals surface area contributed by atoms with Crippen molar-refractivity contribution in [3.63, 3.8) is 0 Å². The number of fused-ring (bicyclic) bond motifs is 1. The van der Waals surface area contributed by atoms with Crippen LogP contribution in [0, 0.1) is 0 Å². The highest BCUT2D eigenvalue weighted by molar-refractivity contribution is 7.07. The smallest absolute Gasteiger partial charge is 0.338 e. The molecule has 1 aliphatic rings. The van der Waals surface area contributed by atoms with E-state index in [1.54, 1.807) is 37.7 Å². The fraction of sp³-hybridized carbons (Fsp3) is 0.265. The third-order valence-electron chi connectivity index (χ3n) is 6.88. The quantitative estimate of drug-likeness (QED) is 0.205. The van der Waals surface area contributed by atoms with Crippen molar-refractivity contribution in [2.75, 3.05) is 13.7 Å². The van der Waals surface area contributed by atoms with E-state index in [1.165, 1.54) is 11.3 Å². The minimum Gasteiger partial charge on any atom is -0.493 e. The van der Waals surface area contributed by atoms with E-state index < -0.39 is 12.0 Å². The number of rotatable bonds is 10. The van der Waals surface area contributed by atoms with Gasteiger partial charge in [0.25, 0.3) is 5.56 Å². The second-order valence-corrected chi connectivity index (χ2v) is 11.8. The molecule has 0 amide bonds. The predicted molar refractivity (Wildman–Crippen MR) is 171 cm³/mol. The van der Waals surface area contributed by atoms with Crippen molar-refractivity contribution in [3.8, 4) is 17.2 Å².